The molecule has 3 rings (SSSR count). The zero-order valence-electron chi connectivity index (χ0n) is 20.0. The van der Waals surface area contributed by atoms with Gasteiger partial charge in [0, 0.05) is 32.9 Å². The number of anilines is 1. The van der Waals surface area contributed by atoms with Crippen LogP contribution < -0.4 is 16.6 Å². The number of hydrogen-bond donors (Lipinski definition) is 2. The molecule has 0 aliphatic rings. The Morgan fingerprint density at radius 3 is 2.42 bits per heavy atom. The first-order valence-electron chi connectivity index (χ1n) is 11.0. The van der Waals surface area contributed by atoms with Gasteiger partial charge in [0.2, 0.25) is 10.0 Å². The largest absolute Gasteiger partial charge is 0.378 e. The fraction of sp³-hybridized carbons (Fsp3) is 0.500. The maximum atomic E-state index is 12.6. The zero-order valence-corrected chi connectivity index (χ0v) is 20.8. The minimum atomic E-state index is -3.59. The summed E-state index contributed by atoms with van der Waals surface area (Å²) < 4.78 is 29.8. The van der Waals surface area contributed by atoms with Crippen LogP contribution in [0.5, 0.6) is 0 Å². The van der Waals surface area contributed by atoms with Gasteiger partial charge < -0.3 is 9.88 Å². The summed E-state index contributed by atoms with van der Waals surface area (Å²) in [6.07, 6.45) is 1.69. The third-order valence-corrected chi connectivity index (χ3v) is 7.67. The van der Waals surface area contributed by atoms with E-state index in [4.69, 9.17) is 0 Å². The van der Waals surface area contributed by atoms with Gasteiger partial charge >= 0.3 is 5.69 Å². The molecule has 0 unspecified atom stereocenters. The number of aromatic nitrogens is 4. The molecule has 0 atom stereocenters. The van der Waals surface area contributed by atoms with E-state index in [9.17, 15) is 18.0 Å². The van der Waals surface area contributed by atoms with Crippen LogP contribution in [0.3, 0.4) is 0 Å². The minimum Gasteiger partial charge on any atom is -0.378 e. The summed E-state index contributed by atoms with van der Waals surface area (Å²) in [5.41, 5.74) is 2.24. The molecule has 2 N–H and O–H groups in total. The highest BCUT2D eigenvalue weighted by molar-refractivity contribution is 7.89. The molecule has 0 aliphatic carbocycles. The monoisotopic (exact) mass is 476 g/mol. The average Bonchev–Trinajstić information content (AvgIpc) is 3.13. The molecule has 180 valence electrons. The molecule has 0 radical (unpaired) electrons. The SMILES string of the molecule is CCCCn1c(=O)[nH]c(=O)c2c1nc(CNc1cc(S(=O)(=O)N(C)C)cc(C)c1C)n2CC. The van der Waals surface area contributed by atoms with Gasteiger partial charge in [0.25, 0.3) is 5.56 Å². The van der Waals surface area contributed by atoms with Gasteiger partial charge in [0.15, 0.2) is 11.2 Å². The Balaban J connectivity index is 2.06. The molecule has 0 bridgehead atoms. The molecule has 11 heteroatoms. The number of H-pyrrole nitrogens is 1. The lowest BCUT2D eigenvalue weighted by molar-refractivity contribution is 0.520. The first kappa shape index (κ1) is 24.7. The number of imidazole rings is 1. The molecule has 0 fully saturated rings. The van der Waals surface area contributed by atoms with Crippen molar-refractivity contribution in [3.05, 3.63) is 49.9 Å². The fourth-order valence-corrected chi connectivity index (χ4v) is 4.77. The number of aromatic amines is 1. The van der Waals surface area contributed by atoms with Crippen molar-refractivity contribution in [2.75, 3.05) is 19.4 Å². The van der Waals surface area contributed by atoms with Crippen LogP contribution in [-0.4, -0.2) is 45.9 Å². The van der Waals surface area contributed by atoms with Crippen molar-refractivity contribution < 1.29 is 8.42 Å². The van der Waals surface area contributed by atoms with Crippen molar-refractivity contribution >= 4 is 26.9 Å². The Hall–Kier alpha value is -2.92. The molecular weight excluding hydrogens is 444 g/mol. The molecule has 1 aromatic carbocycles. The molecule has 2 heterocycles. The Labute approximate surface area is 193 Å². The summed E-state index contributed by atoms with van der Waals surface area (Å²) >= 11 is 0. The van der Waals surface area contributed by atoms with Crippen LogP contribution in [-0.2, 0) is 29.7 Å². The van der Waals surface area contributed by atoms with Gasteiger partial charge in [0.1, 0.15) is 5.82 Å². The standard InChI is InChI=1S/C22H32N6O4S/c1-7-9-10-28-20-19(21(29)25-22(28)30)27(8-2)18(24-20)13-23-17-12-16(11-14(3)15(17)4)33(31,32)26(5)6/h11-12,23H,7-10,13H2,1-6H3,(H,25,29,30). The van der Waals surface area contributed by atoms with E-state index in [1.54, 1.807) is 16.7 Å². The van der Waals surface area contributed by atoms with E-state index in [0.29, 0.717) is 35.8 Å². The minimum absolute atomic E-state index is 0.201. The van der Waals surface area contributed by atoms with Gasteiger partial charge in [-0.2, -0.15) is 0 Å². The lowest BCUT2D eigenvalue weighted by Gasteiger charge is -2.17. The normalized spacial score (nSPS) is 12.1. The highest BCUT2D eigenvalue weighted by Crippen LogP contribution is 2.26. The molecule has 0 amide bonds. The second-order valence-corrected chi connectivity index (χ2v) is 10.4. The van der Waals surface area contributed by atoms with Crippen LogP contribution in [0.2, 0.25) is 0 Å². The van der Waals surface area contributed by atoms with Crippen molar-refractivity contribution in [1.29, 1.82) is 0 Å². The van der Waals surface area contributed by atoms with Gasteiger partial charge in [-0.1, -0.05) is 13.3 Å². The van der Waals surface area contributed by atoms with Crippen molar-refractivity contribution in [2.45, 2.75) is 65.1 Å². The number of nitrogens with one attached hydrogen (secondary N) is 2. The highest BCUT2D eigenvalue weighted by Gasteiger charge is 2.21. The summed E-state index contributed by atoms with van der Waals surface area (Å²) in [7, 11) is -0.597. The maximum absolute atomic E-state index is 12.6. The molecule has 2 aromatic heterocycles. The highest BCUT2D eigenvalue weighted by atomic mass is 32.2. The van der Waals surface area contributed by atoms with Crippen molar-refractivity contribution in [3.63, 3.8) is 0 Å². The van der Waals surface area contributed by atoms with E-state index >= 15 is 0 Å². The molecule has 0 saturated carbocycles. The van der Waals surface area contributed by atoms with Gasteiger partial charge in [-0.15, -0.1) is 0 Å². The lowest BCUT2D eigenvalue weighted by Crippen LogP contribution is -2.31. The van der Waals surface area contributed by atoms with E-state index in [1.807, 2.05) is 27.7 Å². The average molecular weight is 477 g/mol. The van der Waals surface area contributed by atoms with Crippen molar-refractivity contribution in [1.82, 2.24) is 23.4 Å². The Morgan fingerprint density at radius 2 is 1.82 bits per heavy atom. The van der Waals surface area contributed by atoms with Crippen LogP contribution >= 0.6 is 0 Å². The second kappa shape index (κ2) is 9.52. The van der Waals surface area contributed by atoms with E-state index in [-0.39, 0.29) is 11.4 Å². The quantitative estimate of drug-likeness (QED) is 0.488. The van der Waals surface area contributed by atoms with Crippen molar-refractivity contribution in [3.8, 4) is 0 Å². The number of rotatable bonds is 9. The predicted octanol–water partition coefficient (Wildman–Crippen LogP) is 2.19. The van der Waals surface area contributed by atoms with E-state index in [0.717, 1.165) is 24.0 Å². The van der Waals surface area contributed by atoms with E-state index in [1.165, 1.54) is 23.0 Å². The number of aryl methyl sites for hydroxylation is 3. The Kier molecular flexibility index (Phi) is 7.13. The fourth-order valence-electron chi connectivity index (χ4n) is 3.76. The summed E-state index contributed by atoms with van der Waals surface area (Å²) in [5.74, 6) is 0.590. The number of nitrogens with zero attached hydrogens (tertiary/aromatic N) is 4. The molecule has 10 nitrogen and oxygen atoms in total. The molecule has 3 aromatic rings. The van der Waals surface area contributed by atoms with Crippen LogP contribution in [0.25, 0.3) is 11.2 Å². The second-order valence-electron chi connectivity index (χ2n) is 8.26. The topological polar surface area (TPSA) is 122 Å². The summed E-state index contributed by atoms with van der Waals surface area (Å²) in [6.45, 7) is 8.94. The van der Waals surface area contributed by atoms with Crippen LogP contribution in [0.4, 0.5) is 5.69 Å². The van der Waals surface area contributed by atoms with Gasteiger partial charge in [0.05, 0.1) is 11.4 Å². The number of unbranched alkanes of at least 4 members (excludes halogenated alkanes) is 1. The smallest absolute Gasteiger partial charge is 0.330 e. The predicted molar refractivity (Wildman–Crippen MR) is 129 cm³/mol. The molecule has 33 heavy (non-hydrogen) atoms. The zero-order chi connectivity index (χ0) is 24.5. The van der Waals surface area contributed by atoms with Crippen molar-refractivity contribution in [2.24, 2.45) is 0 Å². The van der Waals surface area contributed by atoms with Crippen LogP contribution in [0, 0.1) is 13.8 Å². The lowest BCUT2D eigenvalue weighted by atomic mass is 10.1. The first-order chi connectivity index (χ1) is 15.5. The van der Waals surface area contributed by atoms with Gasteiger partial charge in [-0.3, -0.25) is 14.3 Å². The summed E-state index contributed by atoms with van der Waals surface area (Å²) in [6, 6.07) is 3.27. The Morgan fingerprint density at radius 1 is 1.12 bits per heavy atom. The van der Waals surface area contributed by atoms with Gasteiger partial charge in [-0.25, -0.2) is 22.5 Å². The number of hydrogen-bond acceptors (Lipinski definition) is 6. The van der Waals surface area contributed by atoms with Gasteiger partial charge in [-0.05, 0) is 50.5 Å². The molecule has 0 spiro atoms. The van der Waals surface area contributed by atoms with E-state index < -0.39 is 21.3 Å². The molecular formula is C22H32N6O4S. The number of sulfonamides is 1. The number of fused-ring (bicyclic) bond motifs is 1. The molecule has 0 aliphatic heterocycles. The third-order valence-electron chi connectivity index (χ3n) is 5.87. The summed E-state index contributed by atoms with van der Waals surface area (Å²) in [5, 5.41) is 3.29. The van der Waals surface area contributed by atoms with Crippen LogP contribution in [0.15, 0.2) is 26.6 Å². The Bertz CT molecular complexity index is 1400. The molecule has 0 saturated heterocycles. The summed E-state index contributed by atoms with van der Waals surface area (Å²) in [4.78, 5) is 32.2. The first-order valence-corrected chi connectivity index (χ1v) is 12.5. The maximum Gasteiger partial charge on any atom is 0.330 e. The van der Waals surface area contributed by atoms with E-state index in [2.05, 4.69) is 15.3 Å². The number of benzene rings is 1. The third kappa shape index (κ3) is 4.60. The van der Waals surface area contributed by atoms with Crippen LogP contribution in [0.1, 0.15) is 43.6 Å².